The summed E-state index contributed by atoms with van der Waals surface area (Å²) < 4.78 is 5.74. The fourth-order valence-corrected chi connectivity index (χ4v) is 2.23. The zero-order valence-corrected chi connectivity index (χ0v) is 13.1. The highest BCUT2D eigenvalue weighted by molar-refractivity contribution is 5.69. The van der Waals surface area contributed by atoms with E-state index in [1.807, 2.05) is 13.8 Å². The first-order chi connectivity index (χ1) is 9.79. The predicted octanol–water partition coefficient (Wildman–Crippen LogP) is 1.40. The molecule has 1 aliphatic rings. The Labute approximate surface area is 124 Å². The molecule has 1 unspecified atom stereocenters. The molecule has 7 heteroatoms. The van der Waals surface area contributed by atoms with Crippen LogP contribution >= 0.6 is 0 Å². The van der Waals surface area contributed by atoms with Crippen molar-refractivity contribution in [2.24, 2.45) is 5.92 Å². The molecule has 1 aliphatic heterocycles. The van der Waals surface area contributed by atoms with Crippen LogP contribution in [0.1, 0.15) is 34.1 Å². The van der Waals surface area contributed by atoms with Crippen LogP contribution in [0.2, 0.25) is 0 Å². The molecular weight excluding hydrogens is 270 g/mol. The standard InChI is InChI=1S/C14H25N5O2/c1-8(2)5-6-21-7-9-14(3,4)19-11-10(16-9)12(20)18-13(15)17-11/h8-9,16H,5-7H2,1-4H3,(H4,15,17,18,19,20). The van der Waals surface area contributed by atoms with Gasteiger partial charge in [0.25, 0.3) is 5.56 Å². The highest BCUT2D eigenvalue weighted by Crippen LogP contribution is 2.29. The maximum absolute atomic E-state index is 11.9. The molecule has 21 heavy (non-hydrogen) atoms. The van der Waals surface area contributed by atoms with Crippen molar-refractivity contribution in [1.82, 2.24) is 9.97 Å². The van der Waals surface area contributed by atoms with Crippen LogP contribution in [0, 0.1) is 5.92 Å². The van der Waals surface area contributed by atoms with Crippen LogP contribution in [-0.2, 0) is 4.74 Å². The molecule has 118 valence electrons. The molecule has 0 saturated carbocycles. The summed E-state index contributed by atoms with van der Waals surface area (Å²) in [6, 6.07) is -0.0244. The zero-order valence-electron chi connectivity index (χ0n) is 13.1. The van der Waals surface area contributed by atoms with Gasteiger partial charge in [-0.2, -0.15) is 4.98 Å². The number of nitrogen functional groups attached to an aromatic ring is 1. The van der Waals surface area contributed by atoms with Gasteiger partial charge in [0.05, 0.1) is 18.2 Å². The lowest BCUT2D eigenvalue weighted by atomic mass is 9.92. The highest BCUT2D eigenvalue weighted by atomic mass is 16.5. The third kappa shape index (κ3) is 3.66. The summed E-state index contributed by atoms with van der Waals surface area (Å²) in [6.07, 6.45) is 1.02. The molecule has 0 aliphatic carbocycles. The Balaban J connectivity index is 2.08. The van der Waals surface area contributed by atoms with Crippen LogP contribution in [0.3, 0.4) is 0 Å². The first-order valence-electron chi connectivity index (χ1n) is 7.32. The van der Waals surface area contributed by atoms with E-state index in [9.17, 15) is 4.79 Å². The molecule has 2 heterocycles. The topological polar surface area (TPSA) is 105 Å². The van der Waals surface area contributed by atoms with Crippen molar-refractivity contribution in [3.63, 3.8) is 0 Å². The molecule has 0 saturated heterocycles. The van der Waals surface area contributed by atoms with Gasteiger partial charge in [-0.25, -0.2) is 0 Å². The number of hydrogen-bond donors (Lipinski definition) is 4. The Morgan fingerprint density at radius 2 is 2.14 bits per heavy atom. The molecule has 0 amide bonds. The average Bonchev–Trinajstić information content (AvgIpc) is 2.33. The number of aromatic amines is 1. The van der Waals surface area contributed by atoms with Crippen LogP contribution in [0.15, 0.2) is 4.79 Å². The third-order valence-corrected chi connectivity index (χ3v) is 3.69. The van der Waals surface area contributed by atoms with Crippen molar-refractivity contribution in [3.05, 3.63) is 10.4 Å². The number of ether oxygens (including phenoxy) is 1. The van der Waals surface area contributed by atoms with Gasteiger partial charge in [-0.1, -0.05) is 13.8 Å². The van der Waals surface area contributed by atoms with Crippen LogP contribution in [0.25, 0.3) is 0 Å². The zero-order chi connectivity index (χ0) is 15.6. The van der Waals surface area contributed by atoms with Crippen molar-refractivity contribution in [1.29, 1.82) is 0 Å². The molecule has 1 aromatic heterocycles. The van der Waals surface area contributed by atoms with Gasteiger partial charge >= 0.3 is 0 Å². The van der Waals surface area contributed by atoms with Gasteiger partial charge in [0.2, 0.25) is 5.95 Å². The maximum Gasteiger partial charge on any atom is 0.277 e. The molecular formula is C14H25N5O2. The van der Waals surface area contributed by atoms with E-state index in [4.69, 9.17) is 10.5 Å². The quantitative estimate of drug-likeness (QED) is 0.612. The van der Waals surface area contributed by atoms with Gasteiger partial charge in [-0.15, -0.1) is 0 Å². The van der Waals surface area contributed by atoms with Gasteiger partial charge in [-0.05, 0) is 26.2 Å². The van der Waals surface area contributed by atoms with Crippen molar-refractivity contribution >= 4 is 17.5 Å². The normalized spacial score (nSPS) is 19.8. The third-order valence-electron chi connectivity index (χ3n) is 3.69. The van der Waals surface area contributed by atoms with Crippen molar-refractivity contribution in [2.45, 2.75) is 45.7 Å². The van der Waals surface area contributed by atoms with Gasteiger partial charge in [-0.3, -0.25) is 9.78 Å². The van der Waals surface area contributed by atoms with Crippen molar-refractivity contribution in [2.75, 3.05) is 29.6 Å². The number of anilines is 3. The molecule has 0 bridgehead atoms. The Kier molecular flexibility index (Phi) is 4.41. The monoisotopic (exact) mass is 295 g/mol. The van der Waals surface area contributed by atoms with Gasteiger partial charge < -0.3 is 21.1 Å². The number of nitrogens with zero attached hydrogens (tertiary/aromatic N) is 1. The Morgan fingerprint density at radius 1 is 1.43 bits per heavy atom. The van der Waals surface area contributed by atoms with Gasteiger partial charge in [0.1, 0.15) is 5.69 Å². The number of fused-ring (bicyclic) bond motifs is 1. The van der Waals surface area contributed by atoms with E-state index in [0.29, 0.717) is 24.0 Å². The Hall–Kier alpha value is -1.76. The first kappa shape index (κ1) is 15.6. The largest absolute Gasteiger partial charge is 0.379 e. The van der Waals surface area contributed by atoms with E-state index in [1.54, 1.807) is 0 Å². The molecule has 5 N–H and O–H groups in total. The smallest absolute Gasteiger partial charge is 0.277 e. The molecule has 7 nitrogen and oxygen atoms in total. The molecule has 0 radical (unpaired) electrons. The molecule has 0 spiro atoms. The number of rotatable bonds is 5. The summed E-state index contributed by atoms with van der Waals surface area (Å²) in [4.78, 5) is 18.6. The summed E-state index contributed by atoms with van der Waals surface area (Å²) >= 11 is 0. The summed E-state index contributed by atoms with van der Waals surface area (Å²) in [6.45, 7) is 9.65. The second kappa shape index (κ2) is 5.93. The SMILES string of the molecule is CC(C)CCOCC1Nc2c(nc(N)[nH]c2=O)NC1(C)C. The van der Waals surface area contributed by atoms with E-state index in [2.05, 4.69) is 34.4 Å². The van der Waals surface area contributed by atoms with Crippen molar-refractivity contribution < 1.29 is 4.74 Å². The van der Waals surface area contributed by atoms with Crippen LogP contribution < -0.4 is 21.9 Å². The van der Waals surface area contributed by atoms with E-state index < -0.39 is 0 Å². The minimum Gasteiger partial charge on any atom is -0.379 e. The molecule has 2 rings (SSSR count). The number of nitrogens with two attached hydrogens (primary N) is 1. The molecule has 1 aromatic rings. The summed E-state index contributed by atoms with van der Waals surface area (Å²) in [5.41, 5.74) is 5.43. The lowest BCUT2D eigenvalue weighted by Crippen LogP contribution is -2.55. The molecule has 1 atom stereocenters. The second-order valence-corrected chi connectivity index (χ2v) is 6.48. The van der Waals surface area contributed by atoms with Crippen LogP contribution in [-0.4, -0.2) is 34.8 Å². The van der Waals surface area contributed by atoms with E-state index in [1.165, 1.54) is 0 Å². The molecule has 0 fully saturated rings. The number of nitrogens with one attached hydrogen (secondary N) is 3. The van der Waals surface area contributed by atoms with Gasteiger partial charge in [0, 0.05) is 6.61 Å². The second-order valence-electron chi connectivity index (χ2n) is 6.48. The summed E-state index contributed by atoms with van der Waals surface area (Å²) in [5.74, 6) is 1.21. The fraction of sp³-hybridized carbons (Fsp3) is 0.714. The van der Waals surface area contributed by atoms with Crippen LogP contribution in [0.5, 0.6) is 0 Å². The van der Waals surface area contributed by atoms with E-state index in [-0.39, 0.29) is 23.1 Å². The van der Waals surface area contributed by atoms with E-state index >= 15 is 0 Å². The number of hydrogen-bond acceptors (Lipinski definition) is 6. The van der Waals surface area contributed by atoms with Gasteiger partial charge in [0.15, 0.2) is 5.82 Å². The Morgan fingerprint density at radius 3 is 2.81 bits per heavy atom. The van der Waals surface area contributed by atoms with Crippen molar-refractivity contribution in [3.8, 4) is 0 Å². The maximum atomic E-state index is 11.9. The minimum absolute atomic E-state index is 0.0244. The predicted molar refractivity (Wildman–Crippen MR) is 84.7 cm³/mol. The average molecular weight is 295 g/mol. The molecule has 0 aromatic carbocycles. The fourth-order valence-electron chi connectivity index (χ4n) is 2.23. The summed E-state index contributed by atoms with van der Waals surface area (Å²) in [7, 11) is 0. The number of aromatic nitrogens is 2. The lowest BCUT2D eigenvalue weighted by Gasteiger charge is -2.41. The van der Waals surface area contributed by atoms with E-state index in [0.717, 1.165) is 13.0 Å². The minimum atomic E-state index is -0.294. The van der Waals surface area contributed by atoms with Crippen LogP contribution in [0.4, 0.5) is 17.5 Å². The number of H-pyrrole nitrogens is 1. The Bertz CT molecular complexity index is 553. The first-order valence-corrected chi connectivity index (χ1v) is 7.32. The summed E-state index contributed by atoms with van der Waals surface area (Å²) in [5, 5.41) is 6.49. The lowest BCUT2D eigenvalue weighted by molar-refractivity contribution is 0.103. The highest BCUT2D eigenvalue weighted by Gasteiger charge is 2.36.